The monoisotopic (exact) mass is 342 g/mol. The van der Waals surface area contributed by atoms with Crippen LogP contribution in [-0.4, -0.2) is 57.9 Å². The largest absolute Gasteiger partial charge is 0.480 e. The maximum Gasteiger partial charge on any atom is 0.328 e. The highest BCUT2D eigenvalue weighted by molar-refractivity contribution is 5.90. The summed E-state index contributed by atoms with van der Waals surface area (Å²) < 4.78 is 0. The van der Waals surface area contributed by atoms with Crippen molar-refractivity contribution in [3.8, 4) is 12.3 Å². The van der Waals surface area contributed by atoms with Gasteiger partial charge in [-0.1, -0.05) is 12.8 Å². The Hall–Kier alpha value is -2.11. The Morgan fingerprint density at radius 2 is 1.75 bits per heavy atom. The van der Waals surface area contributed by atoms with Crippen LogP contribution in [0.4, 0.5) is 0 Å². The zero-order valence-electron chi connectivity index (χ0n) is 13.8. The predicted molar refractivity (Wildman–Crippen MR) is 86.8 cm³/mol. The van der Waals surface area contributed by atoms with Gasteiger partial charge in [0.1, 0.15) is 12.1 Å². The van der Waals surface area contributed by atoms with Crippen LogP contribution in [0.1, 0.15) is 45.4 Å². The zero-order valence-corrected chi connectivity index (χ0v) is 13.8. The molecular weight excluding hydrogens is 316 g/mol. The number of amides is 2. The maximum absolute atomic E-state index is 12.0. The lowest BCUT2D eigenvalue weighted by Gasteiger charge is -2.22. The van der Waals surface area contributed by atoms with E-state index < -0.39 is 42.6 Å². The zero-order chi connectivity index (χ0) is 18.5. The van der Waals surface area contributed by atoms with E-state index in [0.29, 0.717) is 12.8 Å². The van der Waals surface area contributed by atoms with Gasteiger partial charge in [0.25, 0.3) is 0 Å². The summed E-state index contributed by atoms with van der Waals surface area (Å²) in [5, 5.41) is 31.7. The smallest absolute Gasteiger partial charge is 0.328 e. The van der Waals surface area contributed by atoms with Crippen molar-refractivity contribution in [2.24, 2.45) is 0 Å². The lowest BCUT2D eigenvalue weighted by atomic mass is 10.1. The molecule has 2 amide bonds. The molecule has 5 N–H and O–H groups in total. The van der Waals surface area contributed by atoms with Crippen LogP contribution in [0.2, 0.25) is 0 Å². The minimum Gasteiger partial charge on any atom is -0.480 e. The molecule has 0 fully saturated rings. The molecule has 0 aliphatic rings. The SMILES string of the molecule is C#CCCCCCCC(=O)N[C@H](C(=O)N[C@H](CO)C(=O)O)[C@@H](C)O. The van der Waals surface area contributed by atoms with Gasteiger partial charge in [-0.25, -0.2) is 4.79 Å². The first-order chi connectivity index (χ1) is 11.3. The second-order valence-corrected chi connectivity index (χ2v) is 5.49. The predicted octanol–water partition coefficient (Wildman–Crippen LogP) is -0.612. The number of carbonyl (C=O) groups is 3. The third kappa shape index (κ3) is 9.12. The number of rotatable bonds is 12. The van der Waals surface area contributed by atoms with Crippen molar-refractivity contribution in [1.82, 2.24) is 10.6 Å². The van der Waals surface area contributed by atoms with Crippen LogP contribution < -0.4 is 10.6 Å². The fourth-order valence-corrected chi connectivity index (χ4v) is 1.96. The fourth-order valence-electron chi connectivity index (χ4n) is 1.96. The lowest BCUT2D eigenvalue weighted by Crippen LogP contribution is -2.56. The highest BCUT2D eigenvalue weighted by Crippen LogP contribution is 2.05. The van der Waals surface area contributed by atoms with Gasteiger partial charge in [0, 0.05) is 12.8 Å². The summed E-state index contributed by atoms with van der Waals surface area (Å²) in [7, 11) is 0. The van der Waals surface area contributed by atoms with E-state index in [-0.39, 0.29) is 6.42 Å². The molecule has 0 saturated carbocycles. The third-order valence-corrected chi connectivity index (χ3v) is 3.35. The summed E-state index contributed by atoms with van der Waals surface area (Å²) >= 11 is 0. The maximum atomic E-state index is 12.0. The molecule has 0 aromatic heterocycles. The molecule has 0 aromatic rings. The highest BCUT2D eigenvalue weighted by Gasteiger charge is 2.29. The van der Waals surface area contributed by atoms with Crippen molar-refractivity contribution in [1.29, 1.82) is 0 Å². The highest BCUT2D eigenvalue weighted by atomic mass is 16.4. The summed E-state index contributed by atoms with van der Waals surface area (Å²) in [5.41, 5.74) is 0. The van der Waals surface area contributed by atoms with Gasteiger partial charge >= 0.3 is 5.97 Å². The number of carboxylic acid groups (broad SMARTS) is 1. The van der Waals surface area contributed by atoms with E-state index in [2.05, 4.69) is 16.6 Å². The van der Waals surface area contributed by atoms with E-state index in [1.165, 1.54) is 6.92 Å². The van der Waals surface area contributed by atoms with Crippen LogP contribution in [0.15, 0.2) is 0 Å². The van der Waals surface area contributed by atoms with Crippen LogP contribution in [0.5, 0.6) is 0 Å². The third-order valence-electron chi connectivity index (χ3n) is 3.35. The van der Waals surface area contributed by atoms with Crippen LogP contribution in [-0.2, 0) is 14.4 Å². The molecule has 0 aliphatic carbocycles. The van der Waals surface area contributed by atoms with Crippen LogP contribution in [0.3, 0.4) is 0 Å². The van der Waals surface area contributed by atoms with Crippen molar-refractivity contribution < 1.29 is 29.7 Å². The Balaban J connectivity index is 4.36. The van der Waals surface area contributed by atoms with Gasteiger partial charge in [0.2, 0.25) is 11.8 Å². The minimum absolute atomic E-state index is 0.189. The van der Waals surface area contributed by atoms with Gasteiger partial charge < -0.3 is 26.0 Å². The van der Waals surface area contributed by atoms with Gasteiger partial charge in [0.15, 0.2) is 0 Å². The number of hydrogen-bond acceptors (Lipinski definition) is 5. The number of carbonyl (C=O) groups excluding carboxylic acids is 2. The first-order valence-corrected chi connectivity index (χ1v) is 7.88. The molecule has 0 aromatic carbocycles. The number of unbranched alkanes of at least 4 members (excludes halogenated alkanes) is 4. The van der Waals surface area contributed by atoms with Crippen molar-refractivity contribution in [2.75, 3.05) is 6.61 Å². The molecule has 8 nitrogen and oxygen atoms in total. The molecule has 0 bridgehead atoms. The average molecular weight is 342 g/mol. The molecule has 136 valence electrons. The van der Waals surface area contributed by atoms with Gasteiger partial charge in [-0.3, -0.25) is 9.59 Å². The van der Waals surface area contributed by atoms with Crippen molar-refractivity contribution in [3.63, 3.8) is 0 Å². The molecule has 0 aliphatic heterocycles. The normalized spacial score (nSPS) is 14.1. The summed E-state index contributed by atoms with van der Waals surface area (Å²) in [5.74, 6) is -0.153. The number of aliphatic hydroxyl groups is 2. The number of carboxylic acids is 1. The number of terminal acetylenes is 1. The molecule has 0 rings (SSSR count). The summed E-state index contributed by atoms with van der Waals surface area (Å²) in [6.45, 7) is 0.512. The average Bonchev–Trinajstić information content (AvgIpc) is 2.52. The Morgan fingerprint density at radius 1 is 1.12 bits per heavy atom. The number of aliphatic hydroxyl groups excluding tert-OH is 2. The number of hydrogen-bond donors (Lipinski definition) is 5. The molecule has 3 atom stereocenters. The summed E-state index contributed by atoms with van der Waals surface area (Å²) in [4.78, 5) is 34.6. The Bertz CT molecular complexity index is 458. The first kappa shape index (κ1) is 21.9. The fraction of sp³-hybridized carbons (Fsp3) is 0.688. The molecule has 0 spiro atoms. The molecule has 8 heteroatoms. The van der Waals surface area contributed by atoms with E-state index in [1.54, 1.807) is 0 Å². The van der Waals surface area contributed by atoms with Gasteiger partial charge in [-0.05, 0) is 19.8 Å². The molecule has 0 radical (unpaired) electrons. The second kappa shape index (κ2) is 12.3. The molecule has 0 unspecified atom stereocenters. The topological polar surface area (TPSA) is 136 Å². The molecule has 0 saturated heterocycles. The standard InChI is InChI=1S/C16H26N2O6/c1-3-4-5-6-7-8-9-13(21)18-14(11(2)20)15(22)17-12(10-19)16(23)24/h1,11-12,14,19-20H,4-10H2,2H3,(H,17,22)(H,18,21)(H,23,24)/t11-,12-,14+/m1/s1. The Morgan fingerprint density at radius 3 is 2.25 bits per heavy atom. The molecule has 0 heterocycles. The minimum atomic E-state index is -1.49. The van der Waals surface area contributed by atoms with E-state index in [0.717, 1.165) is 19.3 Å². The number of nitrogens with one attached hydrogen (secondary N) is 2. The van der Waals surface area contributed by atoms with E-state index >= 15 is 0 Å². The van der Waals surface area contributed by atoms with Crippen LogP contribution >= 0.6 is 0 Å². The van der Waals surface area contributed by atoms with Crippen LogP contribution in [0.25, 0.3) is 0 Å². The van der Waals surface area contributed by atoms with Crippen molar-refractivity contribution in [3.05, 3.63) is 0 Å². The molecule has 24 heavy (non-hydrogen) atoms. The lowest BCUT2D eigenvalue weighted by molar-refractivity contribution is -0.144. The van der Waals surface area contributed by atoms with E-state index in [1.807, 2.05) is 0 Å². The van der Waals surface area contributed by atoms with Crippen LogP contribution in [0, 0.1) is 12.3 Å². The van der Waals surface area contributed by atoms with Gasteiger partial charge in [0.05, 0.1) is 12.7 Å². The quantitative estimate of drug-likeness (QED) is 0.237. The second-order valence-electron chi connectivity index (χ2n) is 5.49. The number of aliphatic carboxylic acids is 1. The van der Waals surface area contributed by atoms with E-state index in [4.69, 9.17) is 16.6 Å². The summed E-state index contributed by atoms with van der Waals surface area (Å²) in [6.07, 6.45) is 8.08. The summed E-state index contributed by atoms with van der Waals surface area (Å²) in [6, 6.07) is -2.78. The first-order valence-electron chi connectivity index (χ1n) is 7.88. The van der Waals surface area contributed by atoms with Crippen molar-refractivity contribution in [2.45, 2.75) is 63.6 Å². The molecular formula is C16H26N2O6. The Kier molecular flexibility index (Phi) is 11.2. The Labute approximate surface area is 141 Å². The van der Waals surface area contributed by atoms with E-state index in [9.17, 15) is 19.5 Å². The van der Waals surface area contributed by atoms with Crippen molar-refractivity contribution >= 4 is 17.8 Å². The van der Waals surface area contributed by atoms with Gasteiger partial charge in [-0.2, -0.15) is 0 Å². The van der Waals surface area contributed by atoms with Gasteiger partial charge in [-0.15, -0.1) is 12.3 Å².